The maximum Gasteiger partial charge on any atom is 0.0333 e. The Balaban J connectivity index is 1.89. The molecule has 2 aromatic rings. The van der Waals surface area contributed by atoms with Gasteiger partial charge in [0, 0.05) is 19.1 Å². The van der Waals surface area contributed by atoms with E-state index in [9.17, 15) is 0 Å². The Morgan fingerprint density at radius 3 is 2.10 bits per heavy atom. The van der Waals surface area contributed by atoms with Crippen LogP contribution in [0.4, 0.5) is 0 Å². The second-order valence-corrected chi connectivity index (χ2v) is 5.60. The molecule has 0 heterocycles. The van der Waals surface area contributed by atoms with Crippen LogP contribution >= 0.6 is 0 Å². The molecule has 20 heavy (non-hydrogen) atoms. The molecule has 0 aliphatic heterocycles. The molecule has 0 amide bonds. The van der Waals surface area contributed by atoms with E-state index in [1.807, 2.05) is 6.07 Å². The second-order valence-electron chi connectivity index (χ2n) is 5.60. The van der Waals surface area contributed by atoms with Crippen molar-refractivity contribution in [2.24, 2.45) is 11.7 Å². The van der Waals surface area contributed by atoms with Gasteiger partial charge in [0.2, 0.25) is 0 Å². The minimum Gasteiger partial charge on any atom is -0.324 e. The highest BCUT2D eigenvalue weighted by molar-refractivity contribution is 5.19. The van der Waals surface area contributed by atoms with Crippen LogP contribution in [0.15, 0.2) is 60.7 Å². The van der Waals surface area contributed by atoms with Crippen molar-refractivity contribution in [2.45, 2.75) is 19.5 Å². The molecule has 0 saturated carbocycles. The maximum atomic E-state index is 6.35. The zero-order valence-electron chi connectivity index (χ0n) is 12.4. The van der Waals surface area contributed by atoms with Crippen molar-refractivity contribution in [3.63, 3.8) is 0 Å². The van der Waals surface area contributed by atoms with Gasteiger partial charge in [-0.1, -0.05) is 67.6 Å². The van der Waals surface area contributed by atoms with Crippen LogP contribution in [-0.2, 0) is 6.54 Å². The van der Waals surface area contributed by atoms with Crippen LogP contribution in [-0.4, -0.2) is 18.5 Å². The van der Waals surface area contributed by atoms with Gasteiger partial charge in [-0.3, -0.25) is 0 Å². The van der Waals surface area contributed by atoms with Crippen molar-refractivity contribution in [1.29, 1.82) is 0 Å². The molecular formula is C18H24N2. The molecule has 2 rings (SSSR count). The quantitative estimate of drug-likeness (QED) is 0.869. The zero-order chi connectivity index (χ0) is 14.4. The van der Waals surface area contributed by atoms with Gasteiger partial charge in [0.05, 0.1) is 0 Å². The van der Waals surface area contributed by atoms with Crippen LogP contribution in [0.5, 0.6) is 0 Å². The topological polar surface area (TPSA) is 29.3 Å². The first-order valence-electron chi connectivity index (χ1n) is 7.20. The summed E-state index contributed by atoms with van der Waals surface area (Å²) in [5, 5.41) is 0. The van der Waals surface area contributed by atoms with Crippen molar-refractivity contribution in [3.05, 3.63) is 71.8 Å². The lowest BCUT2D eigenvalue weighted by molar-refractivity contribution is 0.258. The molecule has 0 saturated heterocycles. The Bertz CT molecular complexity index is 495. The lowest BCUT2D eigenvalue weighted by Crippen LogP contribution is -2.30. The molecule has 2 aromatic carbocycles. The minimum absolute atomic E-state index is 0.0921. The first kappa shape index (κ1) is 14.8. The summed E-state index contributed by atoms with van der Waals surface area (Å²) in [6.45, 7) is 4.18. The molecule has 2 unspecified atom stereocenters. The van der Waals surface area contributed by atoms with Crippen LogP contribution in [0.1, 0.15) is 24.1 Å². The van der Waals surface area contributed by atoms with E-state index in [0.29, 0.717) is 5.92 Å². The molecule has 2 heteroatoms. The normalized spacial score (nSPS) is 14.2. The summed E-state index contributed by atoms with van der Waals surface area (Å²) in [6.07, 6.45) is 0. The van der Waals surface area contributed by atoms with Crippen LogP contribution in [0.3, 0.4) is 0 Å². The molecule has 0 spiro atoms. The fraction of sp³-hybridized carbons (Fsp3) is 0.333. The standard InChI is InChI=1S/C18H24N2/c1-15(18(19)17-11-7-4-8-12-17)13-20(2)14-16-9-5-3-6-10-16/h3-12,15,18H,13-14,19H2,1-2H3. The monoisotopic (exact) mass is 268 g/mol. The SMILES string of the molecule is CC(CN(C)Cc1ccccc1)C(N)c1ccccc1. The van der Waals surface area contributed by atoms with Gasteiger partial charge in [-0.2, -0.15) is 0 Å². The van der Waals surface area contributed by atoms with E-state index >= 15 is 0 Å². The number of rotatable bonds is 6. The smallest absolute Gasteiger partial charge is 0.0333 e. The third kappa shape index (κ3) is 4.19. The van der Waals surface area contributed by atoms with Gasteiger partial charge in [-0.15, -0.1) is 0 Å². The zero-order valence-corrected chi connectivity index (χ0v) is 12.4. The largest absolute Gasteiger partial charge is 0.324 e. The van der Waals surface area contributed by atoms with E-state index in [-0.39, 0.29) is 6.04 Å². The summed E-state index contributed by atoms with van der Waals surface area (Å²) in [5.74, 6) is 0.422. The predicted octanol–water partition coefficient (Wildman–Crippen LogP) is 3.45. The van der Waals surface area contributed by atoms with E-state index in [1.165, 1.54) is 11.1 Å². The Morgan fingerprint density at radius 2 is 1.50 bits per heavy atom. The Labute approximate surface area is 122 Å². The first-order valence-corrected chi connectivity index (χ1v) is 7.20. The van der Waals surface area contributed by atoms with Gasteiger partial charge >= 0.3 is 0 Å². The highest BCUT2D eigenvalue weighted by Gasteiger charge is 2.16. The van der Waals surface area contributed by atoms with Crippen molar-refractivity contribution >= 4 is 0 Å². The van der Waals surface area contributed by atoms with Crippen molar-refractivity contribution in [2.75, 3.05) is 13.6 Å². The van der Waals surface area contributed by atoms with E-state index in [0.717, 1.165) is 13.1 Å². The molecule has 0 aromatic heterocycles. The average molecular weight is 268 g/mol. The van der Waals surface area contributed by atoms with Gasteiger partial charge in [-0.05, 0) is 24.1 Å². The van der Waals surface area contributed by atoms with Crippen LogP contribution in [0.2, 0.25) is 0 Å². The maximum absolute atomic E-state index is 6.35. The van der Waals surface area contributed by atoms with Gasteiger partial charge in [-0.25, -0.2) is 0 Å². The average Bonchev–Trinajstić information content (AvgIpc) is 2.48. The Morgan fingerprint density at radius 1 is 0.950 bits per heavy atom. The molecule has 0 bridgehead atoms. The second kappa shape index (κ2) is 7.22. The highest BCUT2D eigenvalue weighted by Crippen LogP contribution is 2.20. The molecular weight excluding hydrogens is 244 g/mol. The molecule has 0 fully saturated rings. The van der Waals surface area contributed by atoms with Crippen molar-refractivity contribution < 1.29 is 0 Å². The van der Waals surface area contributed by atoms with Gasteiger partial charge in [0.25, 0.3) is 0 Å². The predicted molar refractivity (Wildman–Crippen MR) is 85.3 cm³/mol. The summed E-state index contributed by atoms with van der Waals surface area (Å²) in [4.78, 5) is 2.34. The van der Waals surface area contributed by atoms with Gasteiger partial charge in [0.1, 0.15) is 0 Å². The fourth-order valence-electron chi connectivity index (χ4n) is 2.57. The summed E-state index contributed by atoms with van der Waals surface area (Å²) >= 11 is 0. The third-order valence-corrected chi connectivity index (χ3v) is 3.69. The summed E-state index contributed by atoms with van der Waals surface area (Å²) in [7, 11) is 2.15. The summed E-state index contributed by atoms with van der Waals surface area (Å²) < 4.78 is 0. The molecule has 2 N–H and O–H groups in total. The Hall–Kier alpha value is -1.64. The number of hydrogen-bond donors (Lipinski definition) is 1. The minimum atomic E-state index is 0.0921. The number of hydrogen-bond acceptors (Lipinski definition) is 2. The lowest BCUT2D eigenvalue weighted by Gasteiger charge is -2.26. The number of benzene rings is 2. The van der Waals surface area contributed by atoms with Gasteiger partial charge < -0.3 is 10.6 Å². The van der Waals surface area contributed by atoms with E-state index in [4.69, 9.17) is 5.73 Å². The molecule has 2 nitrogen and oxygen atoms in total. The highest BCUT2D eigenvalue weighted by atomic mass is 15.1. The van der Waals surface area contributed by atoms with Crippen molar-refractivity contribution in [3.8, 4) is 0 Å². The van der Waals surface area contributed by atoms with Crippen LogP contribution in [0.25, 0.3) is 0 Å². The van der Waals surface area contributed by atoms with Crippen molar-refractivity contribution in [1.82, 2.24) is 4.90 Å². The lowest BCUT2D eigenvalue weighted by atomic mass is 9.95. The number of nitrogens with two attached hydrogens (primary N) is 1. The first-order chi connectivity index (χ1) is 9.66. The van der Waals surface area contributed by atoms with Crippen LogP contribution < -0.4 is 5.73 Å². The van der Waals surface area contributed by atoms with E-state index < -0.39 is 0 Å². The summed E-state index contributed by atoms with van der Waals surface area (Å²) in [5.41, 5.74) is 8.91. The molecule has 2 atom stereocenters. The third-order valence-electron chi connectivity index (χ3n) is 3.69. The Kier molecular flexibility index (Phi) is 5.33. The van der Waals surface area contributed by atoms with E-state index in [1.54, 1.807) is 0 Å². The molecule has 0 radical (unpaired) electrons. The molecule has 0 aliphatic carbocycles. The van der Waals surface area contributed by atoms with Crippen LogP contribution in [0, 0.1) is 5.92 Å². The fourth-order valence-corrected chi connectivity index (χ4v) is 2.57. The molecule has 106 valence electrons. The molecule has 0 aliphatic rings. The van der Waals surface area contributed by atoms with Gasteiger partial charge in [0.15, 0.2) is 0 Å². The number of nitrogens with zero attached hydrogens (tertiary/aromatic N) is 1. The summed E-state index contributed by atoms with van der Waals surface area (Å²) in [6, 6.07) is 21.0. The van der Waals surface area contributed by atoms with E-state index in [2.05, 4.69) is 73.5 Å².